The predicted octanol–water partition coefficient (Wildman–Crippen LogP) is 5.37. The highest BCUT2D eigenvalue weighted by atomic mass is 35.5. The zero-order valence-electron chi connectivity index (χ0n) is 13.3. The van der Waals surface area contributed by atoms with Gasteiger partial charge in [-0.3, -0.25) is 0 Å². The lowest BCUT2D eigenvalue weighted by atomic mass is 10.2. The van der Waals surface area contributed by atoms with E-state index in [-0.39, 0.29) is 5.82 Å². The number of nitrogens with one attached hydrogen (secondary N) is 2. The van der Waals surface area contributed by atoms with Crippen molar-refractivity contribution in [3.63, 3.8) is 0 Å². The third-order valence-corrected chi connectivity index (χ3v) is 3.66. The number of benzene rings is 2. The highest BCUT2D eigenvalue weighted by molar-refractivity contribution is 6.30. The van der Waals surface area contributed by atoms with E-state index in [2.05, 4.69) is 20.6 Å². The quantitative estimate of drug-likeness (QED) is 0.669. The molecule has 2 N–H and O–H groups in total. The van der Waals surface area contributed by atoms with Crippen LogP contribution >= 0.6 is 11.6 Å². The number of hydrogen-bond acceptors (Lipinski definition) is 4. The van der Waals surface area contributed by atoms with Gasteiger partial charge in [0.15, 0.2) is 0 Å². The first-order valence-corrected chi connectivity index (χ1v) is 7.79. The van der Waals surface area contributed by atoms with Gasteiger partial charge < -0.3 is 10.6 Å². The van der Waals surface area contributed by atoms with Crippen LogP contribution in [-0.2, 0) is 0 Å². The second kappa shape index (κ2) is 6.84. The van der Waals surface area contributed by atoms with Gasteiger partial charge in [0.05, 0.1) is 5.69 Å². The largest absolute Gasteiger partial charge is 0.340 e. The fourth-order valence-corrected chi connectivity index (χ4v) is 2.50. The van der Waals surface area contributed by atoms with E-state index in [1.54, 1.807) is 18.2 Å². The number of aromatic nitrogens is 2. The van der Waals surface area contributed by atoms with Crippen molar-refractivity contribution >= 4 is 34.7 Å². The van der Waals surface area contributed by atoms with E-state index in [1.165, 1.54) is 6.07 Å². The fourth-order valence-electron chi connectivity index (χ4n) is 2.28. The van der Waals surface area contributed by atoms with Crippen molar-refractivity contribution in [1.29, 1.82) is 0 Å². The molecule has 2 aromatic carbocycles. The molecule has 0 saturated heterocycles. The summed E-state index contributed by atoms with van der Waals surface area (Å²) in [4.78, 5) is 8.69. The molecule has 0 bridgehead atoms. The summed E-state index contributed by atoms with van der Waals surface area (Å²) in [5.74, 6) is 0.589. The summed E-state index contributed by atoms with van der Waals surface area (Å²) < 4.78 is 13.8. The van der Waals surface area contributed by atoms with Crippen LogP contribution in [0.4, 0.5) is 27.5 Å². The van der Waals surface area contributed by atoms with Gasteiger partial charge in [0.1, 0.15) is 11.6 Å². The molecule has 0 aliphatic carbocycles. The van der Waals surface area contributed by atoms with Crippen LogP contribution in [0.1, 0.15) is 11.3 Å². The Morgan fingerprint density at radius 2 is 1.71 bits per heavy atom. The SMILES string of the molecule is Cc1cc(Nc2ccc(Cl)cc2C)nc(Nc2ccccc2F)n1. The topological polar surface area (TPSA) is 49.8 Å². The molecule has 0 spiro atoms. The van der Waals surface area contributed by atoms with Crippen molar-refractivity contribution < 1.29 is 4.39 Å². The molecule has 0 amide bonds. The van der Waals surface area contributed by atoms with Crippen LogP contribution < -0.4 is 10.6 Å². The Balaban J connectivity index is 1.87. The molecule has 1 heterocycles. The van der Waals surface area contributed by atoms with Crippen LogP contribution in [0.15, 0.2) is 48.5 Å². The van der Waals surface area contributed by atoms with Crippen LogP contribution in [0, 0.1) is 19.7 Å². The van der Waals surface area contributed by atoms with Crippen LogP contribution in [0.2, 0.25) is 5.02 Å². The molecule has 122 valence electrons. The first kappa shape index (κ1) is 16.2. The second-order valence-corrected chi connectivity index (χ2v) is 5.84. The van der Waals surface area contributed by atoms with Crippen molar-refractivity contribution in [1.82, 2.24) is 9.97 Å². The molecule has 0 saturated carbocycles. The Labute approximate surface area is 144 Å². The van der Waals surface area contributed by atoms with Gasteiger partial charge in [-0.05, 0) is 49.7 Å². The fraction of sp³-hybridized carbons (Fsp3) is 0.111. The molecular weight excluding hydrogens is 327 g/mol. The molecule has 0 fully saturated rings. The Kier molecular flexibility index (Phi) is 4.62. The van der Waals surface area contributed by atoms with E-state index < -0.39 is 0 Å². The van der Waals surface area contributed by atoms with Crippen LogP contribution in [0.5, 0.6) is 0 Å². The van der Waals surface area contributed by atoms with Gasteiger partial charge >= 0.3 is 0 Å². The Morgan fingerprint density at radius 3 is 2.46 bits per heavy atom. The molecule has 1 aromatic heterocycles. The molecule has 24 heavy (non-hydrogen) atoms. The van der Waals surface area contributed by atoms with Crippen LogP contribution in [0.3, 0.4) is 0 Å². The molecule has 0 aliphatic heterocycles. The van der Waals surface area contributed by atoms with Crippen molar-refractivity contribution in [3.8, 4) is 0 Å². The molecule has 0 radical (unpaired) electrons. The highest BCUT2D eigenvalue weighted by Gasteiger charge is 2.07. The number of aryl methyl sites for hydroxylation is 2. The summed E-state index contributed by atoms with van der Waals surface area (Å²) in [5, 5.41) is 6.82. The van der Waals surface area contributed by atoms with Gasteiger partial charge in [-0.25, -0.2) is 9.37 Å². The normalized spacial score (nSPS) is 10.5. The van der Waals surface area contributed by atoms with E-state index in [4.69, 9.17) is 11.6 Å². The lowest BCUT2D eigenvalue weighted by Crippen LogP contribution is -2.04. The van der Waals surface area contributed by atoms with E-state index >= 15 is 0 Å². The van der Waals surface area contributed by atoms with Crippen molar-refractivity contribution in [2.24, 2.45) is 0 Å². The van der Waals surface area contributed by atoms with Gasteiger partial charge in [-0.2, -0.15) is 4.98 Å². The van der Waals surface area contributed by atoms with Crippen LogP contribution in [-0.4, -0.2) is 9.97 Å². The summed E-state index contributed by atoms with van der Waals surface area (Å²) in [7, 11) is 0. The Hall–Kier alpha value is -2.66. The summed E-state index contributed by atoms with van der Waals surface area (Å²) in [6.45, 7) is 3.81. The minimum absolute atomic E-state index is 0.328. The van der Waals surface area contributed by atoms with Gasteiger partial charge in [-0.15, -0.1) is 0 Å². The lowest BCUT2D eigenvalue weighted by molar-refractivity contribution is 0.631. The maximum atomic E-state index is 13.8. The summed E-state index contributed by atoms with van der Waals surface area (Å²) in [5.41, 5.74) is 2.99. The number of nitrogens with zero attached hydrogens (tertiary/aromatic N) is 2. The highest BCUT2D eigenvalue weighted by Crippen LogP contribution is 2.24. The average Bonchev–Trinajstić information content (AvgIpc) is 2.52. The van der Waals surface area contributed by atoms with E-state index in [0.29, 0.717) is 22.5 Å². The zero-order chi connectivity index (χ0) is 17.1. The third-order valence-electron chi connectivity index (χ3n) is 3.43. The monoisotopic (exact) mass is 342 g/mol. The zero-order valence-corrected chi connectivity index (χ0v) is 14.0. The lowest BCUT2D eigenvalue weighted by Gasteiger charge is -2.12. The number of para-hydroxylation sites is 1. The van der Waals surface area contributed by atoms with Crippen molar-refractivity contribution in [2.45, 2.75) is 13.8 Å². The minimum atomic E-state index is -0.356. The number of rotatable bonds is 4. The Bertz CT molecular complexity index is 883. The molecule has 4 nitrogen and oxygen atoms in total. The second-order valence-electron chi connectivity index (χ2n) is 5.41. The molecule has 6 heteroatoms. The summed E-state index contributed by atoms with van der Waals surface area (Å²) in [6, 6.07) is 13.8. The molecule has 0 aliphatic rings. The smallest absolute Gasteiger partial charge is 0.229 e. The van der Waals surface area contributed by atoms with E-state index in [0.717, 1.165) is 16.9 Å². The summed E-state index contributed by atoms with van der Waals surface area (Å²) in [6.07, 6.45) is 0. The van der Waals surface area contributed by atoms with Crippen LogP contribution in [0.25, 0.3) is 0 Å². The number of anilines is 4. The number of hydrogen-bond donors (Lipinski definition) is 2. The standard InChI is InChI=1S/C18H16ClFN4/c1-11-9-13(19)7-8-15(11)22-17-10-12(2)21-18(24-17)23-16-6-4-3-5-14(16)20/h3-10H,1-2H3,(H2,21,22,23,24). The van der Waals surface area contributed by atoms with Gasteiger partial charge in [0.25, 0.3) is 0 Å². The molecule has 0 unspecified atom stereocenters. The van der Waals surface area contributed by atoms with E-state index in [1.807, 2.05) is 38.1 Å². The molecular formula is C18H16ClFN4. The first-order valence-electron chi connectivity index (χ1n) is 7.42. The minimum Gasteiger partial charge on any atom is -0.340 e. The number of halogens is 2. The van der Waals surface area contributed by atoms with Gasteiger partial charge in [-0.1, -0.05) is 23.7 Å². The van der Waals surface area contributed by atoms with Crippen molar-refractivity contribution in [2.75, 3.05) is 10.6 Å². The van der Waals surface area contributed by atoms with Crippen molar-refractivity contribution in [3.05, 3.63) is 70.6 Å². The maximum absolute atomic E-state index is 13.8. The van der Waals surface area contributed by atoms with Gasteiger partial charge in [0, 0.05) is 22.5 Å². The molecule has 3 rings (SSSR count). The van der Waals surface area contributed by atoms with Gasteiger partial charge in [0.2, 0.25) is 5.95 Å². The molecule has 3 aromatic rings. The Morgan fingerprint density at radius 1 is 0.917 bits per heavy atom. The maximum Gasteiger partial charge on any atom is 0.229 e. The van der Waals surface area contributed by atoms with E-state index in [9.17, 15) is 4.39 Å². The average molecular weight is 343 g/mol. The summed E-state index contributed by atoms with van der Waals surface area (Å²) >= 11 is 5.98. The molecule has 0 atom stereocenters. The predicted molar refractivity (Wildman–Crippen MR) is 95.9 cm³/mol. The third kappa shape index (κ3) is 3.81. The first-order chi connectivity index (χ1) is 11.5.